The zero-order valence-electron chi connectivity index (χ0n) is 33.1. The Hall–Kier alpha value is -3.24. The minimum atomic E-state index is -2.12. The zero-order chi connectivity index (χ0) is 38.5. The van der Waals surface area contributed by atoms with Crippen LogP contribution >= 0.6 is 0 Å². The summed E-state index contributed by atoms with van der Waals surface area (Å²) < 4.78 is 54.2. The van der Waals surface area contributed by atoms with Crippen molar-refractivity contribution in [3.8, 4) is 23.8 Å². The van der Waals surface area contributed by atoms with Crippen molar-refractivity contribution in [2.24, 2.45) is 0 Å². The summed E-state index contributed by atoms with van der Waals surface area (Å²) in [5.74, 6) is 3.95. The molecule has 0 N–H and O–H groups in total. The molecule has 0 aromatic heterocycles. The predicted octanol–water partition coefficient (Wildman–Crippen LogP) is 8.25. The van der Waals surface area contributed by atoms with E-state index >= 15 is 0 Å². The van der Waals surface area contributed by atoms with E-state index in [1.165, 1.54) is 0 Å². The molecule has 3 aromatic carbocycles. The molecule has 3 aromatic rings. The van der Waals surface area contributed by atoms with E-state index in [1.807, 2.05) is 66.7 Å². The number of ether oxygens (including phenoxy) is 8. The van der Waals surface area contributed by atoms with Crippen molar-refractivity contribution in [3.63, 3.8) is 0 Å². The highest BCUT2D eigenvalue weighted by Crippen LogP contribution is 2.43. The van der Waals surface area contributed by atoms with Crippen LogP contribution in [0.25, 0.3) is 0 Å². The van der Waals surface area contributed by atoms with Crippen molar-refractivity contribution in [2.45, 2.75) is 69.9 Å². The molecule has 1 atom stereocenters. The number of terminal acetylenes is 1. The van der Waals surface area contributed by atoms with Crippen LogP contribution in [0.2, 0.25) is 16.6 Å². The maximum Gasteiger partial charge on any atom is 0.203 e. The lowest BCUT2D eigenvalue weighted by molar-refractivity contribution is -0.115. The summed E-state index contributed by atoms with van der Waals surface area (Å²) >= 11 is 0. The van der Waals surface area contributed by atoms with E-state index < -0.39 is 20.0 Å². The molecule has 9 nitrogen and oxygen atoms in total. The number of methoxy groups -OCH3 is 2. The SMILES string of the molecule is C#CCOCCOCCOCCO[C@@H](COCO[Si](C(C)C)(C(C)C)C(C)C)COC(c1ccccc1)(c1ccc(OC)cc1)c1ccc(OC)cc1. The Morgan fingerprint density at radius 3 is 1.53 bits per heavy atom. The van der Waals surface area contributed by atoms with Gasteiger partial charge in [0.25, 0.3) is 0 Å². The molecule has 0 aliphatic heterocycles. The fourth-order valence-corrected chi connectivity index (χ4v) is 12.4. The molecular weight excluding hydrogens is 689 g/mol. The largest absolute Gasteiger partial charge is 0.497 e. The minimum absolute atomic E-state index is 0.195. The van der Waals surface area contributed by atoms with E-state index in [0.29, 0.717) is 56.3 Å². The number of rotatable bonds is 27. The third-order valence-electron chi connectivity index (χ3n) is 9.57. The Bertz CT molecular complexity index is 1370. The normalized spacial score (nSPS) is 12.7. The molecule has 3 rings (SSSR count). The fraction of sp³-hybridized carbons (Fsp3) is 0.535. The van der Waals surface area contributed by atoms with E-state index in [1.54, 1.807) is 14.2 Å². The van der Waals surface area contributed by atoms with E-state index in [2.05, 4.69) is 59.6 Å². The Morgan fingerprint density at radius 2 is 1.06 bits per heavy atom. The molecule has 292 valence electrons. The molecule has 0 bridgehead atoms. The summed E-state index contributed by atoms with van der Waals surface area (Å²) in [6, 6.07) is 26.2. The molecule has 0 radical (unpaired) electrons. The third-order valence-corrected chi connectivity index (χ3v) is 15.6. The van der Waals surface area contributed by atoms with Gasteiger partial charge in [-0.25, -0.2) is 0 Å². The highest BCUT2D eigenvalue weighted by molar-refractivity contribution is 6.77. The zero-order valence-corrected chi connectivity index (χ0v) is 34.1. The van der Waals surface area contributed by atoms with Crippen LogP contribution < -0.4 is 9.47 Å². The summed E-state index contributed by atoms with van der Waals surface area (Å²) in [5, 5.41) is 0. The van der Waals surface area contributed by atoms with Crippen LogP contribution in [-0.4, -0.2) is 94.9 Å². The maximum atomic E-state index is 7.16. The van der Waals surface area contributed by atoms with E-state index in [0.717, 1.165) is 28.2 Å². The van der Waals surface area contributed by atoms with Gasteiger partial charge in [0.2, 0.25) is 8.32 Å². The molecule has 0 amide bonds. The van der Waals surface area contributed by atoms with Crippen LogP contribution in [-0.2, 0) is 38.4 Å². The lowest BCUT2D eigenvalue weighted by Gasteiger charge is -2.42. The van der Waals surface area contributed by atoms with Gasteiger partial charge in [0, 0.05) is 0 Å². The second-order valence-corrected chi connectivity index (χ2v) is 19.2. The van der Waals surface area contributed by atoms with Gasteiger partial charge in [-0.05, 0) is 57.6 Å². The van der Waals surface area contributed by atoms with Gasteiger partial charge >= 0.3 is 0 Å². The number of hydrogen-bond donors (Lipinski definition) is 0. The van der Waals surface area contributed by atoms with Gasteiger partial charge in [-0.3, -0.25) is 0 Å². The Balaban J connectivity index is 1.84. The van der Waals surface area contributed by atoms with Gasteiger partial charge in [-0.2, -0.15) is 0 Å². The van der Waals surface area contributed by atoms with Gasteiger partial charge < -0.3 is 42.3 Å². The fourth-order valence-electron chi connectivity index (χ4n) is 7.10. The van der Waals surface area contributed by atoms with Gasteiger partial charge in [0.1, 0.15) is 36.6 Å². The molecular formula is C43H62O9Si. The van der Waals surface area contributed by atoms with Crippen LogP contribution in [0.15, 0.2) is 78.9 Å². The lowest BCUT2D eigenvalue weighted by Crippen LogP contribution is -2.48. The van der Waals surface area contributed by atoms with Crippen molar-refractivity contribution in [1.82, 2.24) is 0 Å². The predicted molar refractivity (Wildman–Crippen MR) is 212 cm³/mol. The highest BCUT2D eigenvalue weighted by Gasteiger charge is 2.45. The highest BCUT2D eigenvalue weighted by atomic mass is 28.4. The summed E-state index contributed by atoms with van der Waals surface area (Å²) in [4.78, 5) is 0. The van der Waals surface area contributed by atoms with Gasteiger partial charge in [-0.15, -0.1) is 6.42 Å². The van der Waals surface area contributed by atoms with Crippen molar-refractivity contribution < 1.29 is 42.3 Å². The summed E-state index contributed by atoms with van der Waals surface area (Å²) in [7, 11) is 1.21. The number of benzene rings is 3. The standard InChI is InChI=1S/C43H62O9Si/c1-10-24-46-25-26-47-27-28-48-29-30-50-42(31-49-33-52-53(34(2)3,35(4)5)36(6)7)32-51-43(37-14-12-11-13-15-37,38-16-20-40(44-8)21-17-38)39-18-22-41(45-9)23-19-39/h1,11-23,34-36,42H,24-33H2,2-9H3/t42-/m0/s1. The van der Waals surface area contributed by atoms with Crippen LogP contribution in [0.4, 0.5) is 0 Å². The Labute approximate surface area is 319 Å². The average Bonchev–Trinajstić information content (AvgIpc) is 3.17. The molecule has 0 spiro atoms. The summed E-state index contributed by atoms with van der Waals surface area (Å²) in [6.45, 7) is 17.1. The molecule has 0 heterocycles. The maximum absolute atomic E-state index is 7.16. The molecule has 0 unspecified atom stereocenters. The van der Waals surface area contributed by atoms with Gasteiger partial charge in [0.15, 0.2) is 0 Å². The molecule has 0 fully saturated rings. The minimum Gasteiger partial charge on any atom is -0.497 e. The monoisotopic (exact) mass is 750 g/mol. The Kier molecular flexibility index (Phi) is 19.6. The average molecular weight is 751 g/mol. The lowest BCUT2D eigenvalue weighted by atomic mass is 9.80. The molecule has 0 saturated carbocycles. The van der Waals surface area contributed by atoms with Crippen LogP contribution in [0, 0.1) is 12.3 Å². The quantitative estimate of drug-likeness (QED) is 0.0252. The van der Waals surface area contributed by atoms with Crippen molar-refractivity contribution in [2.75, 3.05) is 80.5 Å². The molecule has 10 heteroatoms. The molecule has 0 aliphatic rings. The summed E-state index contributed by atoms with van der Waals surface area (Å²) in [5.41, 5.74) is 3.17. The Morgan fingerprint density at radius 1 is 0.585 bits per heavy atom. The molecule has 0 saturated heterocycles. The summed E-state index contributed by atoms with van der Waals surface area (Å²) in [6.07, 6.45) is 4.77. The first-order chi connectivity index (χ1) is 25.6. The van der Waals surface area contributed by atoms with Crippen LogP contribution in [0.3, 0.4) is 0 Å². The topological polar surface area (TPSA) is 83.1 Å². The van der Waals surface area contributed by atoms with E-state index in [4.69, 9.17) is 48.7 Å². The number of hydrogen-bond acceptors (Lipinski definition) is 9. The van der Waals surface area contributed by atoms with Crippen LogP contribution in [0.1, 0.15) is 58.2 Å². The van der Waals surface area contributed by atoms with E-state index in [-0.39, 0.29) is 26.6 Å². The molecule has 0 aliphatic carbocycles. The van der Waals surface area contributed by atoms with Crippen molar-refractivity contribution >= 4 is 8.32 Å². The van der Waals surface area contributed by atoms with Crippen LogP contribution in [0.5, 0.6) is 11.5 Å². The van der Waals surface area contributed by atoms with Crippen molar-refractivity contribution in [3.05, 3.63) is 95.6 Å². The first-order valence-electron chi connectivity index (χ1n) is 18.6. The van der Waals surface area contributed by atoms with Gasteiger partial charge in [0.05, 0.1) is 67.1 Å². The second kappa shape index (κ2) is 23.5. The smallest absolute Gasteiger partial charge is 0.203 e. The van der Waals surface area contributed by atoms with E-state index in [9.17, 15) is 0 Å². The first kappa shape index (κ1) is 44.2. The van der Waals surface area contributed by atoms with Crippen molar-refractivity contribution in [1.29, 1.82) is 0 Å². The second-order valence-electron chi connectivity index (χ2n) is 13.7. The third kappa shape index (κ3) is 12.7. The molecule has 53 heavy (non-hydrogen) atoms. The first-order valence-corrected chi connectivity index (χ1v) is 20.8. The van der Waals surface area contributed by atoms with Gasteiger partial charge in [-0.1, -0.05) is 102 Å².